The maximum Gasteiger partial charge on any atom is 0.332 e. The molecule has 15 heteroatoms. The first-order chi connectivity index (χ1) is 26.2. The number of rotatable bonds is 3. The van der Waals surface area contributed by atoms with Gasteiger partial charge in [-0.05, 0) is 75.0 Å². The summed E-state index contributed by atoms with van der Waals surface area (Å²) in [4.78, 5) is 32.3. The Morgan fingerprint density at radius 3 is 2.56 bits per heavy atom. The molecule has 2 fully saturated rings. The third-order valence-corrected chi connectivity index (χ3v) is 14.4. The fourth-order valence-corrected chi connectivity index (χ4v) is 12.1. The lowest BCUT2D eigenvalue weighted by molar-refractivity contribution is -0.178. The summed E-state index contributed by atoms with van der Waals surface area (Å²) >= 11 is 1.51. The Bertz CT molecular complexity index is 2180. The van der Waals surface area contributed by atoms with Crippen LogP contribution in [0.1, 0.15) is 64.4 Å². The molecule has 0 aliphatic carbocycles. The number of hydrogen-bond donors (Lipinski definition) is 4. The second-order valence-corrected chi connectivity index (χ2v) is 16.7. The molecule has 6 aliphatic rings. The number of phenolic OH excluding ortho intramolecular Hbond substituents is 2. The molecule has 2 saturated heterocycles. The van der Waals surface area contributed by atoms with E-state index in [1.807, 2.05) is 31.9 Å². The number of methoxy groups -OCH3 is 2. The summed E-state index contributed by atoms with van der Waals surface area (Å²) in [5.41, 5.74) is 2.42. The van der Waals surface area contributed by atoms with Crippen LogP contribution in [0.2, 0.25) is 0 Å². The van der Waals surface area contributed by atoms with Crippen molar-refractivity contribution >= 4 is 23.7 Å². The summed E-state index contributed by atoms with van der Waals surface area (Å²) in [5.74, 6) is 0.730. The minimum Gasteiger partial charge on any atom is -0.504 e. The van der Waals surface area contributed by atoms with Gasteiger partial charge in [-0.1, -0.05) is 6.07 Å². The molecule has 0 amide bonds. The smallest absolute Gasteiger partial charge is 0.332 e. The van der Waals surface area contributed by atoms with Gasteiger partial charge in [0, 0.05) is 54.1 Å². The Morgan fingerprint density at radius 1 is 1.07 bits per heavy atom. The molecule has 9 rings (SSSR count). The lowest BCUT2D eigenvalue weighted by atomic mass is 9.75. The van der Waals surface area contributed by atoms with Crippen molar-refractivity contribution in [2.75, 3.05) is 40.4 Å². The second-order valence-electron chi connectivity index (χ2n) is 15.6. The zero-order valence-electron chi connectivity index (χ0n) is 31.8. The van der Waals surface area contributed by atoms with Crippen molar-refractivity contribution in [3.05, 3.63) is 62.7 Å². The second kappa shape index (κ2) is 12.5. The molecule has 3 aromatic rings. The van der Waals surface area contributed by atoms with Crippen molar-refractivity contribution in [3.8, 4) is 40.2 Å². The highest BCUT2D eigenvalue weighted by Gasteiger charge is 2.64. The van der Waals surface area contributed by atoms with E-state index in [-0.39, 0.29) is 48.1 Å². The number of esters is 2. The number of aryl methyl sites for hydroxylation is 1. The zero-order valence-corrected chi connectivity index (χ0v) is 32.6. The molecule has 0 radical (unpaired) electrons. The number of piperazine rings is 1. The molecule has 14 nitrogen and oxygen atoms in total. The maximum atomic E-state index is 15.3. The summed E-state index contributed by atoms with van der Waals surface area (Å²) in [5, 5.41) is 38.2. The van der Waals surface area contributed by atoms with Crippen LogP contribution in [-0.2, 0) is 44.9 Å². The average Bonchev–Trinajstić information content (AvgIpc) is 3.56. The maximum absolute atomic E-state index is 15.3. The van der Waals surface area contributed by atoms with Crippen molar-refractivity contribution in [2.24, 2.45) is 0 Å². The first-order valence-electron chi connectivity index (χ1n) is 18.4. The normalized spacial score (nSPS) is 30.5. The van der Waals surface area contributed by atoms with E-state index >= 15 is 4.79 Å². The Morgan fingerprint density at radius 2 is 1.84 bits per heavy atom. The van der Waals surface area contributed by atoms with Gasteiger partial charge in [0.15, 0.2) is 45.6 Å². The summed E-state index contributed by atoms with van der Waals surface area (Å²) in [6.07, 6.45) is 0.0128. The van der Waals surface area contributed by atoms with E-state index in [1.165, 1.54) is 32.9 Å². The molecule has 2 bridgehead atoms. The highest BCUT2D eigenvalue weighted by atomic mass is 32.2. The van der Waals surface area contributed by atoms with E-state index in [1.54, 1.807) is 19.1 Å². The minimum absolute atomic E-state index is 0.0255. The SMILES string of the molecule is COc1cc2c(cc1O)CCN[C@]21CS[C@H]2[C@H]3[C@H]4c5c(cc(C)c(OC)c5O)C[C@H]([C@H](O)N3Cc3c5c(c(C)c(OC(C)=O)c3C2(C)OC1=O)OCO5)N4C. The van der Waals surface area contributed by atoms with Gasteiger partial charge in [-0.3, -0.25) is 19.9 Å². The fraction of sp³-hybridized carbons (Fsp3) is 0.500. The molecule has 6 aliphatic heterocycles. The first kappa shape index (κ1) is 36.2. The van der Waals surface area contributed by atoms with E-state index in [2.05, 4.69) is 10.2 Å². The quantitative estimate of drug-likeness (QED) is 0.226. The van der Waals surface area contributed by atoms with Gasteiger partial charge in [0.2, 0.25) is 6.79 Å². The van der Waals surface area contributed by atoms with E-state index < -0.39 is 46.6 Å². The molecule has 0 aromatic heterocycles. The van der Waals surface area contributed by atoms with E-state index in [0.29, 0.717) is 64.5 Å². The molecule has 7 atom stereocenters. The van der Waals surface area contributed by atoms with Crippen LogP contribution in [0, 0.1) is 13.8 Å². The number of carbonyl (C=O) groups is 2. The summed E-state index contributed by atoms with van der Waals surface area (Å²) in [6, 6.07) is 3.87. The number of nitrogens with one attached hydrogen (secondary N) is 1. The zero-order chi connectivity index (χ0) is 38.9. The van der Waals surface area contributed by atoms with Crippen molar-refractivity contribution < 1.29 is 53.3 Å². The summed E-state index contributed by atoms with van der Waals surface area (Å²) in [6.45, 7) is 7.34. The number of aliphatic hydroxyl groups is 1. The number of thioether (sulfide) groups is 1. The lowest BCUT2D eigenvalue weighted by Crippen LogP contribution is -2.69. The number of benzene rings is 3. The number of likely N-dealkylation sites (N-methyl/N-ethyl adjacent to an activating group) is 1. The number of carbonyl (C=O) groups excluding carboxylic acids is 2. The lowest BCUT2D eigenvalue weighted by Gasteiger charge is -2.58. The van der Waals surface area contributed by atoms with Gasteiger partial charge < -0.3 is 43.7 Å². The number of hydrogen-bond acceptors (Lipinski definition) is 15. The van der Waals surface area contributed by atoms with Gasteiger partial charge in [-0.2, -0.15) is 0 Å². The molecule has 3 aromatic carbocycles. The van der Waals surface area contributed by atoms with Crippen LogP contribution in [0.4, 0.5) is 0 Å². The predicted octanol–water partition coefficient (Wildman–Crippen LogP) is 3.41. The third-order valence-electron chi connectivity index (χ3n) is 12.7. The summed E-state index contributed by atoms with van der Waals surface area (Å²) in [7, 11) is 4.95. The Hall–Kier alpha value is -4.41. The van der Waals surface area contributed by atoms with Crippen molar-refractivity contribution in [1.82, 2.24) is 15.1 Å². The monoisotopic (exact) mass is 775 g/mol. The largest absolute Gasteiger partial charge is 0.504 e. The fourth-order valence-electron chi connectivity index (χ4n) is 10.3. The van der Waals surface area contributed by atoms with Gasteiger partial charge in [-0.25, -0.2) is 4.79 Å². The molecular weight excluding hydrogens is 731 g/mol. The number of aromatic hydroxyl groups is 2. The minimum atomic E-state index is -1.54. The van der Waals surface area contributed by atoms with Gasteiger partial charge in [0.1, 0.15) is 12.0 Å². The van der Waals surface area contributed by atoms with Crippen LogP contribution in [0.5, 0.6) is 40.2 Å². The van der Waals surface area contributed by atoms with Gasteiger partial charge in [0.05, 0.1) is 31.6 Å². The number of ether oxygens (including phenoxy) is 6. The topological polar surface area (TPSA) is 169 Å². The number of aliphatic hydroxyl groups excluding tert-OH is 1. The van der Waals surface area contributed by atoms with E-state index in [0.717, 1.165) is 16.7 Å². The van der Waals surface area contributed by atoms with Gasteiger partial charge >= 0.3 is 11.9 Å². The molecule has 4 N–H and O–H groups in total. The Kier molecular flexibility index (Phi) is 8.27. The molecule has 55 heavy (non-hydrogen) atoms. The van der Waals surface area contributed by atoms with Crippen LogP contribution in [0.3, 0.4) is 0 Å². The third kappa shape index (κ3) is 4.89. The van der Waals surface area contributed by atoms with Crippen LogP contribution >= 0.6 is 11.8 Å². The molecule has 292 valence electrons. The van der Waals surface area contributed by atoms with Gasteiger partial charge in [-0.15, -0.1) is 11.8 Å². The van der Waals surface area contributed by atoms with E-state index in [9.17, 15) is 20.1 Å². The molecule has 6 heterocycles. The van der Waals surface area contributed by atoms with Crippen LogP contribution in [0.25, 0.3) is 0 Å². The average molecular weight is 776 g/mol. The van der Waals surface area contributed by atoms with Crippen molar-refractivity contribution in [3.63, 3.8) is 0 Å². The number of nitrogens with zero attached hydrogens (tertiary/aromatic N) is 2. The van der Waals surface area contributed by atoms with Gasteiger partial charge in [0.25, 0.3) is 0 Å². The number of fused-ring (bicyclic) bond motifs is 14. The molecule has 1 spiro atoms. The Labute approximate surface area is 322 Å². The van der Waals surface area contributed by atoms with Crippen LogP contribution < -0.4 is 29.0 Å². The highest BCUT2D eigenvalue weighted by molar-refractivity contribution is 8.00. The Balaban J connectivity index is 1.33. The van der Waals surface area contributed by atoms with E-state index in [4.69, 9.17) is 28.4 Å². The predicted molar refractivity (Wildman–Crippen MR) is 199 cm³/mol. The first-order valence-corrected chi connectivity index (χ1v) is 19.5. The number of phenols is 2. The highest BCUT2D eigenvalue weighted by Crippen LogP contribution is 2.62. The summed E-state index contributed by atoms with van der Waals surface area (Å²) < 4.78 is 36.5. The van der Waals surface area contributed by atoms with Crippen molar-refractivity contribution in [2.45, 2.75) is 87.8 Å². The van der Waals surface area contributed by atoms with Crippen LogP contribution in [-0.4, -0.2) is 101 Å². The molecular formula is C40H45N3O11S. The molecule has 1 unspecified atom stereocenters. The molecule has 0 saturated carbocycles. The van der Waals surface area contributed by atoms with Crippen LogP contribution in [0.15, 0.2) is 18.2 Å². The standard InChI is InChI=1S/C40H45N3O11S/c1-17-10-21-11-24-37(47)43-14-22-28(33(53-19(3)44)18(2)34-35(22)52-16-51-34)39(4)36(30(43)29(42(24)5)27(21)31(46)32(17)50-7)55-15-40(38(48)54-39)23-13-26(49-6)25(45)12-20(23)8-9-41-40/h10,12-13,24,29-30,36-37,41,45-47H,8-9,11,14-16H2,1-7H3/t24-,29-,30-,36+,37+,39?,40-/m1/s1. The van der Waals surface area contributed by atoms with Crippen molar-refractivity contribution in [1.29, 1.82) is 0 Å².